The van der Waals surface area contributed by atoms with Crippen LogP contribution in [-0.4, -0.2) is 24.7 Å². The quantitative estimate of drug-likeness (QED) is 0.801. The van der Waals surface area contributed by atoms with E-state index in [2.05, 4.69) is 24.9 Å². The van der Waals surface area contributed by atoms with Gasteiger partial charge in [-0.2, -0.15) is 0 Å². The number of ether oxygens (including phenoxy) is 2. The van der Waals surface area contributed by atoms with Gasteiger partial charge in [-0.15, -0.1) is 0 Å². The minimum absolute atomic E-state index is 0.330. The van der Waals surface area contributed by atoms with Gasteiger partial charge in [-0.05, 0) is 43.5 Å². The fraction of sp³-hybridized carbons (Fsp3) is 0.412. The van der Waals surface area contributed by atoms with Crippen molar-refractivity contribution >= 4 is 16.9 Å². The highest BCUT2D eigenvalue weighted by molar-refractivity contribution is 6.04. The first-order valence-corrected chi connectivity index (χ1v) is 7.14. The number of pyridine rings is 1. The van der Waals surface area contributed by atoms with E-state index in [-0.39, 0.29) is 5.97 Å². The van der Waals surface area contributed by atoms with Crippen molar-refractivity contribution in [3.63, 3.8) is 0 Å². The van der Waals surface area contributed by atoms with Gasteiger partial charge in [0.15, 0.2) is 0 Å². The van der Waals surface area contributed by atoms with Crippen LogP contribution in [0.1, 0.15) is 48.3 Å². The summed E-state index contributed by atoms with van der Waals surface area (Å²) >= 11 is 0. The van der Waals surface area contributed by atoms with Crippen LogP contribution in [0, 0.1) is 6.92 Å². The molecule has 0 unspecified atom stereocenters. The Balaban J connectivity index is 2.81. The Labute approximate surface area is 125 Å². The fourth-order valence-corrected chi connectivity index (χ4v) is 2.42. The molecule has 0 N–H and O–H groups in total. The predicted octanol–water partition coefficient (Wildman–Crippen LogP) is 3.85. The molecule has 2 aromatic rings. The Morgan fingerprint density at radius 1 is 1.29 bits per heavy atom. The van der Waals surface area contributed by atoms with Crippen LogP contribution >= 0.6 is 0 Å². The van der Waals surface area contributed by atoms with Gasteiger partial charge in [-0.3, -0.25) is 4.98 Å². The van der Waals surface area contributed by atoms with Crippen LogP contribution in [0.2, 0.25) is 0 Å². The van der Waals surface area contributed by atoms with Crippen molar-refractivity contribution in [1.29, 1.82) is 0 Å². The molecule has 1 aromatic carbocycles. The third-order valence-corrected chi connectivity index (χ3v) is 3.40. The lowest BCUT2D eigenvalue weighted by Crippen LogP contribution is -2.08. The second kappa shape index (κ2) is 6.12. The lowest BCUT2D eigenvalue weighted by Gasteiger charge is -2.15. The van der Waals surface area contributed by atoms with Crippen molar-refractivity contribution in [3.05, 3.63) is 35.0 Å². The molecular weight excluding hydrogens is 266 g/mol. The van der Waals surface area contributed by atoms with E-state index in [4.69, 9.17) is 9.47 Å². The van der Waals surface area contributed by atoms with Gasteiger partial charge in [0, 0.05) is 11.1 Å². The van der Waals surface area contributed by atoms with E-state index >= 15 is 0 Å². The normalized spacial score (nSPS) is 11.0. The average molecular weight is 287 g/mol. The smallest absolute Gasteiger partial charge is 0.340 e. The number of nitrogens with zero attached hydrogens (tertiary/aromatic N) is 1. The van der Waals surface area contributed by atoms with Crippen LogP contribution in [0.5, 0.6) is 5.75 Å². The van der Waals surface area contributed by atoms with E-state index in [1.165, 1.54) is 0 Å². The molecule has 0 amide bonds. The number of fused-ring (bicyclic) bond motifs is 1. The monoisotopic (exact) mass is 287 g/mol. The van der Waals surface area contributed by atoms with E-state index in [9.17, 15) is 4.79 Å². The first-order valence-electron chi connectivity index (χ1n) is 7.14. The van der Waals surface area contributed by atoms with Crippen molar-refractivity contribution in [2.75, 3.05) is 13.7 Å². The standard InChI is InChI=1S/C17H21NO3/c1-6-21-17(19)15-9-12(20-5)8-14-13(10(2)3)7-11(4)18-16(14)15/h7-10H,6H2,1-5H3. The van der Waals surface area contributed by atoms with Gasteiger partial charge in [-0.25, -0.2) is 4.79 Å². The van der Waals surface area contributed by atoms with E-state index in [0.29, 0.717) is 29.4 Å². The van der Waals surface area contributed by atoms with Crippen molar-refractivity contribution in [3.8, 4) is 5.75 Å². The molecule has 4 nitrogen and oxygen atoms in total. The average Bonchev–Trinajstić information content (AvgIpc) is 2.45. The first kappa shape index (κ1) is 15.3. The van der Waals surface area contributed by atoms with Crippen LogP contribution < -0.4 is 4.74 Å². The van der Waals surface area contributed by atoms with Crippen molar-refractivity contribution in [2.24, 2.45) is 0 Å². The molecule has 2 rings (SSSR count). The number of hydrogen-bond donors (Lipinski definition) is 0. The van der Waals surface area contributed by atoms with E-state index in [0.717, 1.165) is 16.6 Å². The highest BCUT2D eigenvalue weighted by atomic mass is 16.5. The molecule has 0 bridgehead atoms. The molecule has 112 valence electrons. The zero-order chi connectivity index (χ0) is 15.6. The van der Waals surface area contributed by atoms with Gasteiger partial charge < -0.3 is 9.47 Å². The molecule has 0 saturated heterocycles. The van der Waals surface area contributed by atoms with Gasteiger partial charge >= 0.3 is 5.97 Å². The molecule has 1 aromatic heterocycles. The topological polar surface area (TPSA) is 48.4 Å². The van der Waals surface area contributed by atoms with E-state index < -0.39 is 0 Å². The third-order valence-electron chi connectivity index (χ3n) is 3.40. The van der Waals surface area contributed by atoms with Crippen LogP contribution in [-0.2, 0) is 4.74 Å². The molecule has 21 heavy (non-hydrogen) atoms. The molecule has 0 aliphatic carbocycles. The number of hydrogen-bond acceptors (Lipinski definition) is 4. The highest BCUT2D eigenvalue weighted by Gasteiger charge is 2.18. The molecule has 0 fully saturated rings. The number of esters is 1. The summed E-state index contributed by atoms with van der Waals surface area (Å²) in [4.78, 5) is 16.7. The summed E-state index contributed by atoms with van der Waals surface area (Å²) in [6.07, 6.45) is 0. The molecule has 0 spiro atoms. The molecule has 4 heteroatoms. The second-order valence-electron chi connectivity index (χ2n) is 5.30. The van der Waals surface area contributed by atoms with Crippen LogP contribution in [0.25, 0.3) is 10.9 Å². The summed E-state index contributed by atoms with van der Waals surface area (Å²) in [7, 11) is 1.59. The summed E-state index contributed by atoms with van der Waals surface area (Å²) in [5, 5.41) is 0.943. The predicted molar refractivity (Wildman–Crippen MR) is 83.1 cm³/mol. The van der Waals surface area contributed by atoms with Crippen LogP contribution in [0.4, 0.5) is 0 Å². The van der Waals surface area contributed by atoms with Gasteiger partial charge in [0.2, 0.25) is 0 Å². The maximum absolute atomic E-state index is 12.2. The van der Waals surface area contributed by atoms with Crippen molar-refractivity contribution in [1.82, 2.24) is 4.98 Å². The van der Waals surface area contributed by atoms with E-state index in [1.807, 2.05) is 13.0 Å². The first-order chi connectivity index (χ1) is 9.97. The summed E-state index contributed by atoms with van der Waals surface area (Å²) < 4.78 is 10.5. The number of methoxy groups -OCH3 is 1. The maximum atomic E-state index is 12.2. The minimum atomic E-state index is -0.366. The summed E-state index contributed by atoms with van der Waals surface area (Å²) in [5.41, 5.74) is 3.18. The van der Waals surface area contributed by atoms with Gasteiger partial charge in [0.1, 0.15) is 5.75 Å². The van der Waals surface area contributed by atoms with E-state index in [1.54, 1.807) is 20.1 Å². The highest BCUT2D eigenvalue weighted by Crippen LogP contribution is 2.31. The van der Waals surface area contributed by atoms with Crippen molar-refractivity contribution in [2.45, 2.75) is 33.6 Å². The lowest BCUT2D eigenvalue weighted by atomic mass is 9.96. The number of carbonyl (C=O) groups is 1. The molecule has 0 radical (unpaired) electrons. The molecule has 1 heterocycles. The maximum Gasteiger partial charge on any atom is 0.340 e. The Kier molecular flexibility index (Phi) is 4.46. The molecule has 0 saturated carbocycles. The van der Waals surface area contributed by atoms with Gasteiger partial charge in [0.05, 0.1) is 24.8 Å². The largest absolute Gasteiger partial charge is 0.497 e. The molecular formula is C17H21NO3. The SMILES string of the molecule is CCOC(=O)c1cc(OC)cc2c(C(C)C)cc(C)nc12. The number of rotatable bonds is 4. The second-order valence-corrected chi connectivity index (χ2v) is 5.30. The summed E-state index contributed by atoms with van der Waals surface area (Å²) in [6, 6.07) is 5.68. The van der Waals surface area contributed by atoms with Gasteiger partial charge in [0.25, 0.3) is 0 Å². The number of benzene rings is 1. The number of aryl methyl sites for hydroxylation is 1. The summed E-state index contributed by atoms with van der Waals surface area (Å²) in [5.74, 6) is 0.601. The molecule has 0 aliphatic heterocycles. The van der Waals surface area contributed by atoms with Crippen LogP contribution in [0.15, 0.2) is 18.2 Å². The molecule has 0 atom stereocenters. The number of aromatic nitrogens is 1. The Morgan fingerprint density at radius 3 is 2.57 bits per heavy atom. The molecule has 0 aliphatic rings. The fourth-order valence-electron chi connectivity index (χ4n) is 2.42. The minimum Gasteiger partial charge on any atom is -0.497 e. The Hall–Kier alpha value is -2.10. The van der Waals surface area contributed by atoms with Crippen molar-refractivity contribution < 1.29 is 14.3 Å². The lowest BCUT2D eigenvalue weighted by molar-refractivity contribution is 0.0528. The number of carbonyl (C=O) groups excluding carboxylic acids is 1. The van der Waals surface area contributed by atoms with Gasteiger partial charge in [-0.1, -0.05) is 13.8 Å². The zero-order valence-electron chi connectivity index (χ0n) is 13.2. The Morgan fingerprint density at radius 2 is 2.00 bits per heavy atom. The van der Waals surface area contributed by atoms with Crippen LogP contribution in [0.3, 0.4) is 0 Å². The third kappa shape index (κ3) is 2.99. The Bertz CT molecular complexity index is 677. The summed E-state index contributed by atoms with van der Waals surface area (Å²) in [6.45, 7) is 8.30. The zero-order valence-corrected chi connectivity index (χ0v) is 13.2.